The second-order valence-corrected chi connectivity index (χ2v) is 4.75. The van der Waals surface area contributed by atoms with Crippen molar-refractivity contribution in [3.8, 4) is 0 Å². The summed E-state index contributed by atoms with van der Waals surface area (Å²) in [6.07, 6.45) is 3.06. The Morgan fingerprint density at radius 3 is 2.24 bits per heavy atom. The van der Waals surface area contributed by atoms with Crippen LogP contribution in [-0.2, 0) is 14.3 Å². The van der Waals surface area contributed by atoms with E-state index in [1.807, 2.05) is 0 Å². The van der Waals surface area contributed by atoms with Crippen molar-refractivity contribution in [2.24, 2.45) is 11.8 Å². The van der Waals surface area contributed by atoms with Gasteiger partial charge in [-0.1, -0.05) is 12.8 Å². The summed E-state index contributed by atoms with van der Waals surface area (Å²) in [5.74, 6) is -2.08. The molecule has 2 atom stereocenters. The lowest BCUT2D eigenvalue weighted by Crippen LogP contribution is -2.49. The third kappa shape index (κ3) is 2.77. The molecule has 0 aromatic heterocycles. The Morgan fingerprint density at radius 2 is 1.65 bits per heavy atom. The summed E-state index contributed by atoms with van der Waals surface area (Å²) in [6, 6.07) is 0. The van der Waals surface area contributed by atoms with Crippen molar-refractivity contribution < 1.29 is 19.4 Å². The molecule has 1 saturated heterocycles. The van der Waals surface area contributed by atoms with Gasteiger partial charge in [-0.3, -0.25) is 4.79 Å². The fourth-order valence-corrected chi connectivity index (χ4v) is 2.73. The van der Waals surface area contributed by atoms with Crippen molar-refractivity contribution in [3.63, 3.8) is 0 Å². The molecular formula is C12H18NO4-. The normalized spacial score (nSPS) is 30.0. The lowest BCUT2D eigenvalue weighted by atomic mass is 9.78. The first-order valence-electron chi connectivity index (χ1n) is 6.27. The average Bonchev–Trinajstić information content (AvgIpc) is 2.39. The van der Waals surface area contributed by atoms with Crippen molar-refractivity contribution in [3.05, 3.63) is 0 Å². The van der Waals surface area contributed by atoms with Gasteiger partial charge in [0, 0.05) is 30.9 Å². The number of ether oxygens (including phenoxy) is 1. The summed E-state index contributed by atoms with van der Waals surface area (Å²) in [7, 11) is 0. The van der Waals surface area contributed by atoms with Gasteiger partial charge in [-0.05, 0) is 12.8 Å². The van der Waals surface area contributed by atoms with E-state index in [4.69, 9.17) is 4.74 Å². The molecule has 1 saturated carbocycles. The molecule has 5 heteroatoms. The van der Waals surface area contributed by atoms with Crippen LogP contribution in [-0.4, -0.2) is 43.1 Å². The van der Waals surface area contributed by atoms with E-state index in [9.17, 15) is 14.7 Å². The largest absolute Gasteiger partial charge is 0.550 e. The standard InChI is InChI=1S/C12H19NO4/c14-11(13-5-7-17-8-6-13)9-3-1-2-4-10(9)12(15)16/h9-10H,1-8H2,(H,15,16)/p-1/t9-,10+/m1/s1. The van der Waals surface area contributed by atoms with Crippen molar-refractivity contribution in [2.45, 2.75) is 25.7 Å². The lowest BCUT2D eigenvalue weighted by molar-refractivity contribution is -0.314. The number of hydrogen-bond donors (Lipinski definition) is 0. The monoisotopic (exact) mass is 240 g/mol. The SMILES string of the molecule is O=C([O-])[C@H]1CCCC[C@H]1C(=O)N1CCOCC1. The van der Waals surface area contributed by atoms with Crippen LogP contribution in [0.4, 0.5) is 0 Å². The van der Waals surface area contributed by atoms with Crippen LogP contribution in [0.25, 0.3) is 0 Å². The number of aliphatic carboxylic acids is 1. The van der Waals surface area contributed by atoms with Gasteiger partial charge in [-0.2, -0.15) is 0 Å². The molecule has 0 aromatic carbocycles. The van der Waals surface area contributed by atoms with E-state index in [2.05, 4.69) is 0 Å². The number of nitrogens with zero attached hydrogens (tertiary/aromatic N) is 1. The number of carboxylic acids is 1. The van der Waals surface area contributed by atoms with Crippen LogP contribution >= 0.6 is 0 Å². The average molecular weight is 240 g/mol. The molecule has 17 heavy (non-hydrogen) atoms. The molecule has 0 unspecified atom stereocenters. The van der Waals surface area contributed by atoms with Crippen molar-refractivity contribution >= 4 is 11.9 Å². The van der Waals surface area contributed by atoms with Crippen molar-refractivity contribution in [1.82, 2.24) is 4.90 Å². The van der Waals surface area contributed by atoms with Crippen LogP contribution in [0.3, 0.4) is 0 Å². The zero-order valence-corrected chi connectivity index (χ0v) is 9.89. The molecule has 0 spiro atoms. The highest BCUT2D eigenvalue weighted by atomic mass is 16.5. The van der Waals surface area contributed by atoms with Crippen LogP contribution in [0.5, 0.6) is 0 Å². The predicted molar refractivity (Wildman–Crippen MR) is 57.9 cm³/mol. The summed E-state index contributed by atoms with van der Waals surface area (Å²) in [5.41, 5.74) is 0. The van der Waals surface area contributed by atoms with Gasteiger partial charge in [-0.25, -0.2) is 0 Å². The summed E-state index contributed by atoms with van der Waals surface area (Å²) in [5, 5.41) is 11.0. The van der Waals surface area contributed by atoms with Crippen LogP contribution in [0.2, 0.25) is 0 Å². The molecule has 0 radical (unpaired) electrons. The quantitative estimate of drug-likeness (QED) is 0.646. The maximum absolute atomic E-state index is 12.2. The number of morpholine rings is 1. The molecule has 2 rings (SSSR count). The van der Waals surface area contributed by atoms with Gasteiger partial charge >= 0.3 is 0 Å². The Bertz CT molecular complexity index is 299. The Balaban J connectivity index is 2.02. The van der Waals surface area contributed by atoms with Gasteiger partial charge in [0.2, 0.25) is 5.91 Å². The molecule has 2 fully saturated rings. The molecule has 5 nitrogen and oxygen atoms in total. The fourth-order valence-electron chi connectivity index (χ4n) is 2.73. The maximum Gasteiger partial charge on any atom is 0.226 e. The third-order valence-corrected chi connectivity index (χ3v) is 3.71. The highest BCUT2D eigenvalue weighted by Gasteiger charge is 2.34. The van der Waals surface area contributed by atoms with E-state index < -0.39 is 11.9 Å². The number of carbonyl (C=O) groups is 2. The van der Waals surface area contributed by atoms with E-state index >= 15 is 0 Å². The van der Waals surface area contributed by atoms with E-state index in [0.29, 0.717) is 39.1 Å². The molecule has 96 valence electrons. The highest BCUT2D eigenvalue weighted by molar-refractivity contribution is 5.84. The van der Waals surface area contributed by atoms with Crippen LogP contribution in [0, 0.1) is 11.8 Å². The Kier molecular flexibility index (Phi) is 3.99. The van der Waals surface area contributed by atoms with E-state index in [0.717, 1.165) is 12.8 Å². The number of amides is 1. The summed E-state index contributed by atoms with van der Waals surface area (Å²) in [4.78, 5) is 25.0. The first kappa shape index (κ1) is 12.4. The number of rotatable bonds is 2. The second kappa shape index (κ2) is 5.49. The molecule has 1 aliphatic heterocycles. The Labute approximate surface area is 101 Å². The molecule has 2 aliphatic rings. The van der Waals surface area contributed by atoms with Crippen LogP contribution in [0.1, 0.15) is 25.7 Å². The highest BCUT2D eigenvalue weighted by Crippen LogP contribution is 2.31. The van der Waals surface area contributed by atoms with E-state index in [-0.39, 0.29) is 11.8 Å². The topological polar surface area (TPSA) is 69.7 Å². The van der Waals surface area contributed by atoms with Gasteiger partial charge < -0.3 is 19.5 Å². The molecule has 1 heterocycles. The summed E-state index contributed by atoms with van der Waals surface area (Å²) < 4.78 is 5.19. The zero-order valence-electron chi connectivity index (χ0n) is 9.89. The predicted octanol–water partition coefficient (Wildman–Crippen LogP) is -0.598. The molecule has 1 aliphatic carbocycles. The van der Waals surface area contributed by atoms with Crippen LogP contribution < -0.4 is 5.11 Å². The number of hydrogen-bond acceptors (Lipinski definition) is 4. The molecule has 0 aromatic rings. The smallest absolute Gasteiger partial charge is 0.226 e. The zero-order chi connectivity index (χ0) is 12.3. The first-order chi connectivity index (χ1) is 8.20. The van der Waals surface area contributed by atoms with E-state index in [1.54, 1.807) is 4.90 Å². The minimum atomic E-state index is -1.07. The summed E-state index contributed by atoms with van der Waals surface area (Å²) in [6.45, 7) is 2.26. The van der Waals surface area contributed by atoms with E-state index in [1.165, 1.54) is 0 Å². The first-order valence-corrected chi connectivity index (χ1v) is 6.27. The summed E-state index contributed by atoms with van der Waals surface area (Å²) >= 11 is 0. The van der Waals surface area contributed by atoms with Gasteiger partial charge in [0.25, 0.3) is 0 Å². The fraction of sp³-hybridized carbons (Fsp3) is 0.833. The number of carbonyl (C=O) groups excluding carboxylic acids is 2. The van der Waals surface area contributed by atoms with Crippen molar-refractivity contribution in [2.75, 3.05) is 26.3 Å². The second-order valence-electron chi connectivity index (χ2n) is 4.75. The van der Waals surface area contributed by atoms with Crippen molar-refractivity contribution in [1.29, 1.82) is 0 Å². The minimum absolute atomic E-state index is 0.0257. The van der Waals surface area contributed by atoms with Gasteiger partial charge in [-0.15, -0.1) is 0 Å². The molecule has 1 amide bonds. The molecular weight excluding hydrogens is 222 g/mol. The van der Waals surface area contributed by atoms with Gasteiger partial charge in [0.1, 0.15) is 0 Å². The number of carboxylic acid groups (broad SMARTS) is 1. The third-order valence-electron chi connectivity index (χ3n) is 3.71. The van der Waals surface area contributed by atoms with Gasteiger partial charge in [0.15, 0.2) is 0 Å². The maximum atomic E-state index is 12.2. The lowest BCUT2D eigenvalue weighted by Gasteiger charge is -2.36. The van der Waals surface area contributed by atoms with Gasteiger partial charge in [0.05, 0.1) is 13.2 Å². The Hall–Kier alpha value is -1.10. The molecule has 0 N–H and O–H groups in total. The molecule has 0 bridgehead atoms. The minimum Gasteiger partial charge on any atom is -0.550 e. The van der Waals surface area contributed by atoms with Crippen LogP contribution in [0.15, 0.2) is 0 Å². The Morgan fingerprint density at radius 1 is 1.06 bits per heavy atom.